The Bertz CT molecular complexity index is 451. The summed E-state index contributed by atoms with van der Waals surface area (Å²) in [6, 6.07) is 10.2. The van der Waals surface area contributed by atoms with Crippen molar-refractivity contribution in [1.82, 2.24) is 4.90 Å². The van der Waals surface area contributed by atoms with E-state index in [1.54, 1.807) is 14.0 Å². The lowest BCUT2D eigenvalue weighted by Crippen LogP contribution is -2.35. The number of carbonyl (C=O) groups is 1. The maximum Gasteiger partial charge on any atom is 0.219 e. The van der Waals surface area contributed by atoms with Crippen LogP contribution in [-0.4, -0.2) is 37.6 Å². The molecule has 18 heavy (non-hydrogen) atoms. The molecule has 0 N–H and O–H groups in total. The van der Waals surface area contributed by atoms with Crippen LogP contribution in [0.1, 0.15) is 18.9 Å². The van der Waals surface area contributed by atoms with Gasteiger partial charge in [-0.2, -0.15) is 0 Å². The molecule has 0 unspecified atom stereocenters. The van der Waals surface area contributed by atoms with Crippen molar-refractivity contribution in [1.29, 1.82) is 0 Å². The van der Waals surface area contributed by atoms with Gasteiger partial charge in [0.05, 0.1) is 6.61 Å². The van der Waals surface area contributed by atoms with Gasteiger partial charge in [-0.05, 0) is 23.1 Å². The normalized spacial score (nSPS) is 16.0. The Morgan fingerprint density at radius 1 is 1.33 bits per heavy atom. The van der Waals surface area contributed by atoms with E-state index < -0.39 is 0 Å². The van der Waals surface area contributed by atoms with Crippen molar-refractivity contribution in [3.8, 4) is 0 Å². The largest absolute Gasteiger partial charge is 0.380 e. The van der Waals surface area contributed by atoms with Crippen molar-refractivity contribution in [3.63, 3.8) is 0 Å². The highest BCUT2D eigenvalue weighted by Crippen LogP contribution is 2.26. The average molecular weight is 245 g/mol. The van der Waals surface area contributed by atoms with E-state index in [-0.39, 0.29) is 5.91 Å². The van der Waals surface area contributed by atoms with Crippen molar-refractivity contribution in [2.24, 2.45) is 0 Å². The first-order valence-corrected chi connectivity index (χ1v) is 6.23. The van der Waals surface area contributed by atoms with Crippen LogP contribution in [0.15, 0.2) is 35.9 Å². The summed E-state index contributed by atoms with van der Waals surface area (Å²) in [5.41, 5.74) is 3.73. The molecule has 1 amide bonds. The van der Waals surface area contributed by atoms with Gasteiger partial charge in [-0.25, -0.2) is 0 Å². The molecule has 1 heterocycles. The zero-order valence-corrected chi connectivity index (χ0v) is 11.0. The quantitative estimate of drug-likeness (QED) is 0.818. The molecule has 0 radical (unpaired) electrons. The molecule has 0 bridgehead atoms. The van der Waals surface area contributed by atoms with Crippen molar-refractivity contribution >= 4 is 11.5 Å². The molecule has 3 nitrogen and oxygen atoms in total. The summed E-state index contributed by atoms with van der Waals surface area (Å²) in [6.45, 7) is 3.77. The molecule has 3 heteroatoms. The number of methoxy groups -OCH3 is 1. The second-order valence-electron chi connectivity index (χ2n) is 4.57. The van der Waals surface area contributed by atoms with Crippen LogP contribution in [0.25, 0.3) is 5.57 Å². The maximum absolute atomic E-state index is 11.5. The van der Waals surface area contributed by atoms with Crippen LogP contribution >= 0.6 is 0 Å². The van der Waals surface area contributed by atoms with Crippen molar-refractivity contribution in [3.05, 3.63) is 41.5 Å². The van der Waals surface area contributed by atoms with E-state index in [0.717, 1.165) is 13.0 Å². The van der Waals surface area contributed by atoms with E-state index in [1.165, 1.54) is 16.7 Å². The maximum atomic E-state index is 11.5. The molecule has 0 saturated heterocycles. The van der Waals surface area contributed by atoms with E-state index in [1.807, 2.05) is 23.1 Å². The second-order valence-corrected chi connectivity index (χ2v) is 4.57. The molecule has 0 spiro atoms. The van der Waals surface area contributed by atoms with Crippen LogP contribution in [0.3, 0.4) is 0 Å². The number of benzene rings is 1. The topological polar surface area (TPSA) is 29.5 Å². The zero-order chi connectivity index (χ0) is 13.0. The summed E-state index contributed by atoms with van der Waals surface area (Å²) < 4.78 is 5.27. The van der Waals surface area contributed by atoms with E-state index >= 15 is 0 Å². The van der Waals surface area contributed by atoms with Crippen LogP contribution in [0.5, 0.6) is 0 Å². The SMILES string of the molecule is COCC1=C(c2ccccc2)CN(C(C)=O)CC1. The van der Waals surface area contributed by atoms with E-state index in [9.17, 15) is 4.79 Å². The second kappa shape index (κ2) is 5.83. The molecule has 0 aromatic heterocycles. The smallest absolute Gasteiger partial charge is 0.219 e. The van der Waals surface area contributed by atoms with Crippen LogP contribution in [0.4, 0.5) is 0 Å². The van der Waals surface area contributed by atoms with Gasteiger partial charge < -0.3 is 9.64 Å². The molecule has 0 saturated carbocycles. The highest BCUT2D eigenvalue weighted by atomic mass is 16.5. The molecule has 1 aromatic carbocycles. The lowest BCUT2D eigenvalue weighted by atomic mass is 9.94. The van der Waals surface area contributed by atoms with Gasteiger partial charge in [-0.3, -0.25) is 4.79 Å². The van der Waals surface area contributed by atoms with Crippen molar-refractivity contribution in [2.45, 2.75) is 13.3 Å². The highest BCUT2D eigenvalue weighted by molar-refractivity contribution is 5.79. The third-order valence-corrected chi connectivity index (χ3v) is 3.35. The molecule has 1 aromatic rings. The van der Waals surface area contributed by atoms with Gasteiger partial charge in [0.25, 0.3) is 0 Å². The van der Waals surface area contributed by atoms with Crippen molar-refractivity contribution < 1.29 is 9.53 Å². The zero-order valence-electron chi connectivity index (χ0n) is 11.0. The van der Waals surface area contributed by atoms with E-state index in [0.29, 0.717) is 13.2 Å². The Morgan fingerprint density at radius 3 is 2.67 bits per heavy atom. The molecule has 1 aliphatic heterocycles. The third kappa shape index (κ3) is 2.79. The molecule has 2 rings (SSSR count). The van der Waals surface area contributed by atoms with Gasteiger partial charge in [-0.1, -0.05) is 30.3 Å². The average Bonchev–Trinajstić information content (AvgIpc) is 2.40. The fourth-order valence-corrected chi connectivity index (χ4v) is 2.34. The van der Waals surface area contributed by atoms with Gasteiger partial charge in [0, 0.05) is 27.1 Å². The van der Waals surface area contributed by atoms with Gasteiger partial charge in [0.1, 0.15) is 0 Å². The summed E-state index contributed by atoms with van der Waals surface area (Å²) in [7, 11) is 1.72. The number of nitrogens with zero attached hydrogens (tertiary/aromatic N) is 1. The first-order chi connectivity index (χ1) is 8.72. The number of carbonyl (C=O) groups excluding carboxylic acids is 1. The minimum absolute atomic E-state index is 0.139. The van der Waals surface area contributed by atoms with E-state index in [2.05, 4.69) is 12.1 Å². The first kappa shape index (κ1) is 12.8. The predicted octanol–water partition coefficient (Wildman–Crippen LogP) is 2.34. The van der Waals surface area contributed by atoms with Gasteiger partial charge in [-0.15, -0.1) is 0 Å². The fraction of sp³-hybridized carbons (Fsp3) is 0.400. The highest BCUT2D eigenvalue weighted by Gasteiger charge is 2.21. The molecule has 0 fully saturated rings. The molecule has 0 atom stereocenters. The van der Waals surface area contributed by atoms with Crippen LogP contribution in [0.2, 0.25) is 0 Å². The van der Waals surface area contributed by atoms with Gasteiger partial charge in [0.2, 0.25) is 5.91 Å². The third-order valence-electron chi connectivity index (χ3n) is 3.35. The minimum atomic E-state index is 0.139. The fourth-order valence-electron chi connectivity index (χ4n) is 2.34. The molecular weight excluding hydrogens is 226 g/mol. The summed E-state index contributed by atoms with van der Waals surface area (Å²) in [5.74, 6) is 0.139. The Labute approximate surface area is 108 Å². The monoisotopic (exact) mass is 245 g/mol. The number of amides is 1. The van der Waals surface area contributed by atoms with Crippen LogP contribution in [0, 0.1) is 0 Å². The summed E-state index contributed by atoms with van der Waals surface area (Å²) in [6.07, 6.45) is 0.900. The molecular formula is C15H19NO2. The number of ether oxygens (including phenoxy) is 1. The van der Waals surface area contributed by atoms with Crippen molar-refractivity contribution in [2.75, 3.05) is 26.8 Å². The summed E-state index contributed by atoms with van der Waals surface area (Å²) >= 11 is 0. The Kier molecular flexibility index (Phi) is 4.15. The Morgan fingerprint density at radius 2 is 2.06 bits per heavy atom. The van der Waals surface area contributed by atoms with Gasteiger partial charge in [0.15, 0.2) is 0 Å². The standard InChI is InChI=1S/C15H19NO2/c1-12(17)16-9-8-14(11-18-2)15(10-16)13-6-4-3-5-7-13/h3-7H,8-11H2,1-2H3. The number of rotatable bonds is 3. The summed E-state index contributed by atoms with van der Waals surface area (Å²) in [5, 5.41) is 0. The first-order valence-electron chi connectivity index (χ1n) is 6.23. The molecule has 0 aliphatic carbocycles. The minimum Gasteiger partial charge on any atom is -0.380 e. The van der Waals surface area contributed by atoms with Crippen LogP contribution < -0.4 is 0 Å². The van der Waals surface area contributed by atoms with Gasteiger partial charge >= 0.3 is 0 Å². The molecule has 1 aliphatic rings. The lowest BCUT2D eigenvalue weighted by Gasteiger charge is -2.30. The predicted molar refractivity (Wildman–Crippen MR) is 72.1 cm³/mol. The Hall–Kier alpha value is -1.61. The van der Waals surface area contributed by atoms with E-state index in [4.69, 9.17) is 4.74 Å². The molecule has 96 valence electrons. The number of hydrogen-bond donors (Lipinski definition) is 0. The lowest BCUT2D eigenvalue weighted by molar-refractivity contribution is -0.128. The van der Waals surface area contributed by atoms with Crippen LogP contribution in [-0.2, 0) is 9.53 Å². The number of hydrogen-bond acceptors (Lipinski definition) is 2. The summed E-state index contributed by atoms with van der Waals surface area (Å²) in [4.78, 5) is 13.4. The Balaban J connectivity index is 2.32.